The zero-order valence-electron chi connectivity index (χ0n) is 26.3. The predicted octanol–water partition coefficient (Wildman–Crippen LogP) is 5.33. The number of fused-ring (bicyclic) bond motifs is 3. The lowest BCUT2D eigenvalue weighted by atomic mass is 9.68. The Bertz CT molecular complexity index is 1460. The van der Waals surface area contributed by atoms with E-state index in [2.05, 4.69) is 24.1 Å². The molecule has 1 unspecified atom stereocenters. The van der Waals surface area contributed by atoms with Gasteiger partial charge >= 0.3 is 5.97 Å². The number of carbonyl (C=O) groups excluding carboxylic acids is 1. The number of anilines is 1. The van der Waals surface area contributed by atoms with Gasteiger partial charge < -0.3 is 29.9 Å². The molecule has 1 heterocycles. The molecule has 0 bridgehead atoms. The summed E-state index contributed by atoms with van der Waals surface area (Å²) in [4.78, 5) is 29.5. The third-order valence-electron chi connectivity index (χ3n) is 10.3. The number of hydrogen-bond acceptors (Lipinski definition) is 6. The van der Waals surface area contributed by atoms with Gasteiger partial charge in [-0.2, -0.15) is 0 Å². The van der Waals surface area contributed by atoms with E-state index in [0.29, 0.717) is 42.7 Å². The quantitative estimate of drug-likeness (QED) is 0.286. The Morgan fingerprint density at radius 3 is 2.67 bits per heavy atom. The van der Waals surface area contributed by atoms with E-state index >= 15 is 0 Å². The smallest absolute Gasteiger partial charge is 0.340 e. The van der Waals surface area contributed by atoms with E-state index in [1.54, 1.807) is 37.4 Å². The molecular formula is C36H45ClN2O6. The Hall–Kier alpha value is -3.33. The number of hydrogen-bond donors (Lipinski definition) is 3. The minimum absolute atomic E-state index is 0.0123. The first-order valence-electron chi connectivity index (χ1n) is 15.8. The molecule has 6 atom stereocenters. The van der Waals surface area contributed by atoms with Crippen LogP contribution >= 0.6 is 11.6 Å². The van der Waals surface area contributed by atoms with Crippen LogP contribution in [0.25, 0.3) is 0 Å². The van der Waals surface area contributed by atoms with Gasteiger partial charge in [0.05, 0.1) is 24.8 Å². The molecule has 1 aliphatic heterocycles. The van der Waals surface area contributed by atoms with Crippen molar-refractivity contribution in [2.75, 3.05) is 38.2 Å². The van der Waals surface area contributed by atoms with Crippen LogP contribution in [0.3, 0.4) is 0 Å². The van der Waals surface area contributed by atoms with Crippen molar-refractivity contribution in [1.29, 1.82) is 0 Å². The van der Waals surface area contributed by atoms with Gasteiger partial charge in [0.15, 0.2) is 5.60 Å². The van der Waals surface area contributed by atoms with Crippen molar-refractivity contribution in [3.8, 4) is 5.75 Å². The third kappa shape index (κ3) is 6.51. The highest BCUT2D eigenvalue weighted by molar-refractivity contribution is 6.30. The standard InChI is InChI=1S/C36H45ClN2O6/c1-5-23(3)19-38(4)33(41)18-36(44,34(42)43)26-10-14-32-30(17-26)39(20-25-9-12-28(25)31(40)6-2)21-35(22-45-32)15-7-8-24-16-27(37)11-13-29(24)35/h5-6,10-11,13-14,16-17,23,25,28,31,40,44H,1-2,7-9,12,15,18-22H2,3-4H3,(H,42,43)/t23-,25-,28+,31-,35-,36?/m0/s1. The minimum atomic E-state index is -2.44. The number of carboxylic acids is 1. The molecule has 1 amide bonds. The average molecular weight is 637 g/mol. The molecule has 3 N–H and O–H groups in total. The van der Waals surface area contributed by atoms with Gasteiger partial charge in [-0.3, -0.25) is 4.79 Å². The number of nitrogens with zero attached hydrogens (tertiary/aromatic N) is 2. The lowest BCUT2D eigenvalue weighted by Gasteiger charge is -2.45. The van der Waals surface area contributed by atoms with Crippen molar-refractivity contribution in [3.05, 3.63) is 83.4 Å². The third-order valence-corrected chi connectivity index (χ3v) is 10.5. The summed E-state index contributed by atoms with van der Waals surface area (Å²) in [6.45, 7) is 11.5. The number of carboxylic acid groups (broad SMARTS) is 1. The van der Waals surface area contributed by atoms with E-state index in [9.17, 15) is 24.9 Å². The molecule has 0 radical (unpaired) electrons. The van der Waals surface area contributed by atoms with Crippen LogP contribution in [-0.2, 0) is 27.0 Å². The maximum Gasteiger partial charge on any atom is 0.340 e. The molecule has 3 aliphatic rings. The Morgan fingerprint density at radius 1 is 1.22 bits per heavy atom. The van der Waals surface area contributed by atoms with E-state index in [-0.39, 0.29) is 28.7 Å². The van der Waals surface area contributed by atoms with Gasteiger partial charge in [-0.05, 0) is 90.8 Å². The topological polar surface area (TPSA) is 111 Å². The molecule has 8 nitrogen and oxygen atoms in total. The molecular weight excluding hydrogens is 592 g/mol. The molecule has 1 fully saturated rings. The van der Waals surface area contributed by atoms with Crippen LogP contribution in [0.2, 0.25) is 5.02 Å². The summed E-state index contributed by atoms with van der Waals surface area (Å²) >= 11 is 6.39. The monoisotopic (exact) mass is 636 g/mol. The summed E-state index contributed by atoms with van der Waals surface area (Å²) in [5.74, 6) is -1.10. The highest BCUT2D eigenvalue weighted by Gasteiger charge is 2.46. The molecule has 2 aromatic carbocycles. The van der Waals surface area contributed by atoms with E-state index in [1.165, 1.54) is 16.0 Å². The van der Waals surface area contributed by atoms with Gasteiger partial charge in [-0.1, -0.05) is 42.8 Å². The first-order valence-corrected chi connectivity index (χ1v) is 16.2. The van der Waals surface area contributed by atoms with E-state index in [0.717, 1.165) is 32.1 Å². The van der Waals surface area contributed by atoms with Crippen LogP contribution in [0.1, 0.15) is 55.7 Å². The van der Waals surface area contributed by atoms with Gasteiger partial charge in [-0.15, -0.1) is 13.2 Å². The van der Waals surface area contributed by atoms with Gasteiger partial charge in [0.1, 0.15) is 5.75 Å². The molecule has 0 saturated heterocycles. The number of aliphatic carboxylic acids is 1. The molecule has 9 heteroatoms. The molecule has 1 spiro atoms. The normalized spacial score (nSPS) is 24.9. The second kappa shape index (κ2) is 13.2. The van der Waals surface area contributed by atoms with Crippen molar-refractivity contribution in [3.63, 3.8) is 0 Å². The highest BCUT2D eigenvalue weighted by Crippen LogP contribution is 2.47. The number of aryl methyl sites for hydroxylation is 1. The van der Waals surface area contributed by atoms with Crippen LogP contribution < -0.4 is 9.64 Å². The molecule has 0 aromatic heterocycles. The number of ether oxygens (including phenoxy) is 1. The van der Waals surface area contributed by atoms with Crippen molar-refractivity contribution in [2.45, 2.75) is 62.6 Å². The number of aliphatic hydroxyl groups is 2. The van der Waals surface area contributed by atoms with E-state index in [1.807, 2.05) is 19.1 Å². The molecule has 2 aromatic rings. The second-order valence-corrected chi connectivity index (χ2v) is 13.8. The molecule has 1 saturated carbocycles. The van der Waals surface area contributed by atoms with Gasteiger partial charge in [0, 0.05) is 37.1 Å². The molecule has 45 heavy (non-hydrogen) atoms. The number of rotatable bonds is 11. The molecule has 242 valence electrons. The lowest BCUT2D eigenvalue weighted by Crippen LogP contribution is -2.49. The lowest BCUT2D eigenvalue weighted by molar-refractivity contribution is -0.164. The Balaban J connectivity index is 1.53. The largest absolute Gasteiger partial charge is 0.490 e. The average Bonchev–Trinajstić information content (AvgIpc) is 3.15. The summed E-state index contributed by atoms with van der Waals surface area (Å²) in [6, 6.07) is 11.0. The van der Waals surface area contributed by atoms with Crippen LogP contribution in [0.15, 0.2) is 61.7 Å². The maximum absolute atomic E-state index is 13.2. The summed E-state index contributed by atoms with van der Waals surface area (Å²) in [5.41, 5.74) is 0.420. The number of amides is 1. The molecule has 5 rings (SSSR count). The number of benzene rings is 2. The van der Waals surface area contributed by atoms with Gasteiger partial charge in [0.2, 0.25) is 5.91 Å². The van der Waals surface area contributed by atoms with Crippen LogP contribution in [-0.4, -0.2) is 71.5 Å². The SMILES string of the molecule is C=C[C@H](C)CN(C)C(=O)CC(O)(C(=O)O)c1ccc2c(c1)N(C[C@@H]1CC[C@H]1[C@@H](O)C=C)C[C@@]1(CCCc3cc(Cl)ccc31)CO2. The van der Waals surface area contributed by atoms with E-state index in [4.69, 9.17) is 16.3 Å². The number of halogens is 1. The summed E-state index contributed by atoms with van der Waals surface area (Å²) < 4.78 is 6.54. The minimum Gasteiger partial charge on any atom is -0.490 e. The van der Waals surface area contributed by atoms with Crippen LogP contribution in [0.5, 0.6) is 5.75 Å². The van der Waals surface area contributed by atoms with E-state index < -0.39 is 30.0 Å². The van der Waals surface area contributed by atoms with Crippen molar-refractivity contribution < 1.29 is 29.6 Å². The number of carbonyl (C=O) groups is 2. The first-order chi connectivity index (χ1) is 21.4. The highest BCUT2D eigenvalue weighted by atomic mass is 35.5. The summed E-state index contributed by atoms with van der Waals surface area (Å²) in [6.07, 6.45) is 6.77. The van der Waals surface area contributed by atoms with Crippen molar-refractivity contribution >= 4 is 29.2 Å². The number of aliphatic hydroxyl groups excluding tert-OH is 1. The fourth-order valence-corrected chi connectivity index (χ4v) is 7.56. The predicted molar refractivity (Wildman–Crippen MR) is 176 cm³/mol. The fraction of sp³-hybridized carbons (Fsp3) is 0.500. The fourth-order valence-electron chi connectivity index (χ4n) is 7.36. The Kier molecular flexibility index (Phi) is 9.68. The molecule has 2 aliphatic carbocycles. The maximum atomic E-state index is 13.2. The Labute approximate surface area is 270 Å². The summed E-state index contributed by atoms with van der Waals surface area (Å²) in [5, 5.41) is 33.2. The Morgan fingerprint density at radius 2 is 2.00 bits per heavy atom. The summed E-state index contributed by atoms with van der Waals surface area (Å²) in [7, 11) is 1.60. The zero-order chi connectivity index (χ0) is 32.5. The first kappa shape index (κ1) is 33.0. The van der Waals surface area contributed by atoms with Crippen LogP contribution in [0, 0.1) is 17.8 Å². The second-order valence-electron chi connectivity index (χ2n) is 13.3. The van der Waals surface area contributed by atoms with Crippen molar-refractivity contribution in [2.24, 2.45) is 17.8 Å². The van der Waals surface area contributed by atoms with Crippen LogP contribution in [0.4, 0.5) is 5.69 Å². The zero-order valence-corrected chi connectivity index (χ0v) is 27.0. The van der Waals surface area contributed by atoms with Gasteiger partial charge in [0.25, 0.3) is 0 Å². The van der Waals surface area contributed by atoms with Gasteiger partial charge in [-0.25, -0.2) is 4.79 Å². The van der Waals surface area contributed by atoms with Crippen molar-refractivity contribution in [1.82, 2.24) is 4.90 Å².